The maximum atomic E-state index is 12.0. The van der Waals surface area contributed by atoms with Gasteiger partial charge in [0.2, 0.25) is 0 Å². The minimum Gasteiger partial charge on any atom is -0.384 e. The molecule has 82 valence electrons. The van der Waals surface area contributed by atoms with Crippen LogP contribution in [-0.4, -0.2) is 24.8 Å². The molecule has 0 atom stereocenters. The zero-order valence-corrected chi connectivity index (χ0v) is 8.90. The van der Waals surface area contributed by atoms with Crippen molar-refractivity contribution in [2.24, 2.45) is 0 Å². The van der Waals surface area contributed by atoms with E-state index >= 15 is 0 Å². The van der Waals surface area contributed by atoms with Crippen LogP contribution in [0.2, 0.25) is 0 Å². The van der Waals surface area contributed by atoms with Crippen LogP contribution in [0, 0.1) is 0 Å². The quantitative estimate of drug-likeness (QED) is 0.795. The van der Waals surface area contributed by atoms with E-state index in [1.807, 2.05) is 16.8 Å². The zero-order chi connectivity index (χ0) is 10.7. The Bertz CT molecular complexity index is 380. The van der Waals surface area contributed by atoms with Crippen LogP contribution < -0.4 is 10.9 Å². The first-order valence-electron chi connectivity index (χ1n) is 5.29. The van der Waals surface area contributed by atoms with Gasteiger partial charge in [-0.05, 0) is 25.0 Å². The van der Waals surface area contributed by atoms with Crippen molar-refractivity contribution >= 4 is 5.69 Å². The molecule has 1 aromatic heterocycles. The summed E-state index contributed by atoms with van der Waals surface area (Å²) in [5, 5.41) is 2.91. The van der Waals surface area contributed by atoms with Gasteiger partial charge in [0.15, 0.2) is 0 Å². The fourth-order valence-electron chi connectivity index (χ4n) is 1.95. The van der Waals surface area contributed by atoms with Gasteiger partial charge in [0, 0.05) is 32.5 Å². The highest BCUT2D eigenvalue weighted by atomic mass is 16.5. The van der Waals surface area contributed by atoms with Crippen molar-refractivity contribution in [3.63, 3.8) is 0 Å². The summed E-state index contributed by atoms with van der Waals surface area (Å²) in [6.07, 6.45) is 3.71. The molecule has 1 fully saturated rings. The van der Waals surface area contributed by atoms with Gasteiger partial charge in [0.1, 0.15) is 5.69 Å². The predicted molar refractivity (Wildman–Crippen MR) is 59.3 cm³/mol. The van der Waals surface area contributed by atoms with Gasteiger partial charge in [0.05, 0.1) is 0 Å². The van der Waals surface area contributed by atoms with Crippen molar-refractivity contribution < 1.29 is 4.74 Å². The van der Waals surface area contributed by atoms with E-state index in [0.29, 0.717) is 11.7 Å². The third-order valence-electron chi connectivity index (χ3n) is 2.83. The molecule has 0 bridgehead atoms. The largest absolute Gasteiger partial charge is 0.384 e. The molecule has 1 aliphatic heterocycles. The maximum absolute atomic E-state index is 12.0. The molecule has 0 radical (unpaired) electrons. The smallest absolute Gasteiger partial charge is 0.274 e. The van der Waals surface area contributed by atoms with E-state index in [1.54, 1.807) is 13.1 Å². The van der Waals surface area contributed by atoms with Crippen molar-refractivity contribution in [2.45, 2.75) is 18.9 Å². The first kappa shape index (κ1) is 10.2. The van der Waals surface area contributed by atoms with Crippen LogP contribution in [0.15, 0.2) is 23.1 Å². The van der Waals surface area contributed by atoms with Gasteiger partial charge in [-0.3, -0.25) is 4.79 Å². The Morgan fingerprint density at radius 2 is 2.20 bits per heavy atom. The molecule has 2 rings (SSSR count). The molecule has 1 aromatic rings. The minimum absolute atomic E-state index is 0.0619. The van der Waals surface area contributed by atoms with E-state index in [1.165, 1.54) is 0 Å². The number of nitrogens with one attached hydrogen (secondary N) is 1. The summed E-state index contributed by atoms with van der Waals surface area (Å²) < 4.78 is 7.10. The van der Waals surface area contributed by atoms with Gasteiger partial charge in [-0.2, -0.15) is 0 Å². The number of hydrogen-bond acceptors (Lipinski definition) is 3. The number of rotatable bonds is 2. The lowest BCUT2D eigenvalue weighted by Crippen LogP contribution is -2.29. The normalized spacial score (nSPS) is 17.7. The summed E-state index contributed by atoms with van der Waals surface area (Å²) in [5.41, 5.74) is 0.718. The van der Waals surface area contributed by atoms with Crippen LogP contribution in [0.1, 0.15) is 18.9 Å². The Balaban J connectivity index is 2.30. The predicted octanol–water partition coefficient (Wildman–Crippen LogP) is 1.24. The number of anilines is 1. The SMILES string of the molecule is CNc1cccn(C2CCOCC2)c1=O. The van der Waals surface area contributed by atoms with E-state index < -0.39 is 0 Å². The molecule has 15 heavy (non-hydrogen) atoms. The first-order valence-corrected chi connectivity index (χ1v) is 5.29. The van der Waals surface area contributed by atoms with Crippen LogP contribution in [-0.2, 0) is 4.74 Å². The molecule has 4 heteroatoms. The van der Waals surface area contributed by atoms with E-state index in [9.17, 15) is 4.79 Å². The van der Waals surface area contributed by atoms with Crippen LogP contribution in [0.3, 0.4) is 0 Å². The number of pyridine rings is 1. The summed E-state index contributed by atoms with van der Waals surface area (Å²) in [4.78, 5) is 12.0. The zero-order valence-electron chi connectivity index (χ0n) is 8.90. The highest BCUT2D eigenvalue weighted by molar-refractivity contribution is 5.39. The summed E-state index contributed by atoms with van der Waals surface area (Å²) in [5.74, 6) is 0. The van der Waals surface area contributed by atoms with Crippen molar-refractivity contribution in [2.75, 3.05) is 25.6 Å². The number of hydrogen-bond donors (Lipinski definition) is 1. The lowest BCUT2D eigenvalue weighted by atomic mass is 10.1. The molecule has 2 heterocycles. The van der Waals surface area contributed by atoms with Gasteiger partial charge in [-0.25, -0.2) is 0 Å². The van der Waals surface area contributed by atoms with Crippen molar-refractivity contribution in [3.8, 4) is 0 Å². The Kier molecular flexibility index (Phi) is 3.06. The molecule has 0 aliphatic carbocycles. The molecule has 1 N–H and O–H groups in total. The Morgan fingerprint density at radius 1 is 1.47 bits per heavy atom. The second-order valence-corrected chi connectivity index (χ2v) is 3.73. The van der Waals surface area contributed by atoms with E-state index in [4.69, 9.17) is 4.74 Å². The second-order valence-electron chi connectivity index (χ2n) is 3.73. The lowest BCUT2D eigenvalue weighted by Gasteiger charge is -2.24. The highest BCUT2D eigenvalue weighted by Crippen LogP contribution is 2.19. The Morgan fingerprint density at radius 3 is 2.87 bits per heavy atom. The summed E-state index contributed by atoms with van der Waals surface area (Å²) >= 11 is 0. The molecule has 0 amide bonds. The fourth-order valence-corrected chi connectivity index (χ4v) is 1.95. The third kappa shape index (κ3) is 2.04. The minimum atomic E-state index is 0.0619. The molecular formula is C11H16N2O2. The maximum Gasteiger partial charge on any atom is 0.274 e. The van der Waals surface area contributed by atoms with Crippen molar-refractivity contribution in [1.82, 2.24) is 4.57 Å². The number of ether oxygens (including phenoxy) is 1. The van der Waals surface area contributed by atoms with Crippen LogP contribution in [0.4, 0.5) is 5.69 Å². The van der Waals surface area contributed by atoms with E-state index in [0.717, 1.165) is 26.1 Å². The molecule has 0 saturated carbocycles. The van der Waals surface area contributed by atoms with Gasteiger partial charge in [-0.15, -0.1) is 0 Å². The summed E-state index contributed by atoms with van der Waals surface area (Å²) in [6.45, 7) is 1.50. The third-order valence-corrected chi connectivity index (χ3v) is 2.83. The lowest BCUT2D eigenvalue weighted by molar-refractivity contribution is 0.0687. The highest BCUT2D eigenvalue weighted by Gasteiger charge is 2.16. The monoisotopic (exact) mass is 208 g/mol. The van der Waals surface area contributed by atoms with Crippen LogP contribution in [0.5, 0.6) is 0 Å². The number of nitrogens with zero attached hydrogens (tertiary/aromatic N) is 1. The van der Waals surface area contributed by atoms with E-state index in [-0.39, 0.29) is 5.56 Å². The molecular weight excluding hydrogens is 192 g/mol. The molecule has 1 aliphatic rings. The van der Waals surface area contributed by atoms with Gasteiger partial charge >= 0.3 is 0 Å². The molecule has 0 aromatic carbocycles. The number of aromatic nitrogens is 1. The molecule has 1 saturated heterocycles. The van der Waals surface area contributed by atoms with Gasteiger partial charge in [-0.1, -0.05) is 0 Å². The summed E-state index contributed by atoms with van der Waals surface area (Å²) in [6, 6.07) is 4.00. The van der Waals surface area contributed by atoms with Crippen molar-refractivity contribution in [3.05, 3.63) is 28.7 Å². The fraction of sp³-hybridized carbons (Fsp3) is 0.545. The van der Waals surface area contributed by atoms with Gasteiger partial charge in [0.25, 0.3) is 5.56 Å². The molecule has 0 unspecified atom stereocenters. The second kappa shape index (κ2) is 4.49. The topological polar surface area (TPSA) is 43.3 Å². The van der Waals surface area contributed by atoms with Crippen LogP contribution in [0.25, 0.3) is 0 Å². The van der Waals surface area contributed by atoms with Gasteiger partial charge < -0.3 is 14.6 Å². The average Bonchev–Trinajstić information content (AvgIpc) is 2.30. The summed E-state index contributed by atoms with van der Waals surface area (Å²) in [7, 11) is 1.77. The van der Waals surface area contributed by atoms with Crippen LogP contribution >= 0.6 is 0 Å². The molecule has 0 spiro atoms. The Hall–Kier alpha value is -1.29. The first-order chi connectivity index (χ1) is 7.33. The standard InChI is InChI=1S/C11H16N2O2/c1-12-10-3-2-6-13(11(10)14)9-4-7-15-8-5-9/h2-3,6,9,12H,4-5,7-8H2,1H3. The van der Waals surface area contributed by atoms with Crippen molar-refractivity contribution in [1.29, 1.82) is 0 Å². The Labute approximate surface area is 88.9 Å². The van der Waals surface area contributed by atoms with E-state index in [2.05, 4.69) is 5.32 Å². The molecule has 4 nitrogen and oxygen atoms in total. The average molecular weight is 208 g/mol.